The molecule has 1 aromatic heterocycles. The van der Waals surface area contributed by atoms with Crippen molar-refractivity contribution < 1.29 is 9.66 Å². The number of nitrogens with zero attached hydrogens (tertiary/aromatic N) is 5. The summed E-state index contributed by atoms with van der Waals surface area (Å²) in [7, 11) is 0. The molecule has 9 nitrogen and oxygen atoms in total. The minimum atomic E-state index is -0.419. The predicted molar refractivity (Wildman–Crippen MR) is 104 cm³/mol. The zero-order chi connectivity index (χ0) is 19.1. The van der Waals surface area contributed by atoms with E-state index in [9.17, 15) is 10.1 Å². The van der Waals surface area contributed by atoms with E-state index in [1.165, 1.54) is 6.33 Å². The van der Waals surface area contributed by atoms with Crippen LogP contribution in [0.15, 0.2) is 36.7 Å². The number of nitro groups is 1. The SMILES string of the molecule is CCN(c1ccccc1)c1ncnc(NCCN2CCOCC2)c1[N+](=O)[O-]. The molecule has 1 saturated heterocycles. The summed E-state index contributed by atoms with van der Waals surface area (Å²) in [5.74, 6) is 0.533. The summed E-state index contributed by atoms with van der Waals surface area (Å²) >= 11 is 0. The number of anilines is 3. The second-order valence-electron chi connectivity index (χ2n) is 6.11. The summed E-state index contributed by atoms with van der Waals surface area (Å²) in [5, 5.41) is 14.9. The molecule has 1 aromatic carbocycles. The molecule has 0 aliphatic carbocycles. The number of benzene rings is 1. The Labute approximate surface area is 158 Å². The largest absolute Gasteiger partial charge is 0.379 e. The monoisotopic (exact) mass is 372 g/mol. The van der Waals surface area contributed by atoms with Crippen LogP contribution in [0.3, 0.4) is 0 Å². The van der Waals surface area contributed by atoms with Gasteiger partial charge in [-0.2, -0.15) is 0 Å². The van der Waals surface area contributed by atoms with Crippen LogP contribution in [0, 0.1) is 10.1 Å². The molecule has 0 amide bonds. The maximum atomic E-state index is 11.8. The quantitative estimate of drug-likeness (QED) is 0.557. The van der Waals surface area contributed by atoms with E-state index in [0.717, 1.165) is 38.5 Å². The minimum absolute atomic E-state index is 0.106. The number of morpholine rings is 1. The van der Waals surface area contributed by atoms with Crippen molar-refractivity contribution >= 4 is 23.0 Å². The Morgan fingerprint density at radius 2 is 2.00 bits per heavy atom. The first-order chi connectivity index (χ1) is 13.2. The third-order valence-electron chi connectivity index (χ3n) is 4.45. The van der Waals surface area contributed by atoms with E-state index in [2.05, 4.69) is 20.2 Å². The summed E-state index contributed by atoms with van der Waals surface area (Å²) in [4.78, 5) is 23.8. The van der Waals surface area contributed by atoms with Crippen molar-refractivity contribution in [2.24, 2.45) is 0 Å². The summed E-state index contributed by atoms with van der Waals surface area (Å²) in [6, 6.07) is 9.51. The molecule has 27 heavy (non-hydrogen) atoms. The van der Waals surface area contributed by atoms with E-state index in [-0.39, 0.29) is 17.3 Å². The predicted octanol–water partition coefficient (Wildman–Crippen LogP) is 2.29. The van der Waals surface area contributed by atoms with Gasteiger partial charge in [-0.15, -0.1) is 0 Å². The van der Waals surface area contributed by atoms with Crippen molar-refractivity contribution in [2.45, 2.75) is 6.92 Å². The second-order valence-corrected chi connectivity index (χ2v) is 6.11. The van der Waals surface area contributed by atoms with Crippen molar-refractivity contribution in [1.82, 2.24) is 14.9 Å². The van der Waals surface area contributed by atoms with Gasteiger partial charge in [-0.1, -0.05) is 18.2 Å². The first kappa shape index (κ1) is 19.0. The van der Waals surface area contributed by atoms with Gasteiger partial charge >= 0.3 is 5.69 Å². The van der Waals surface area contributed by atoms with E-state index >= 15 is 0 Å². The third kappa shape index (κ3) is 4.69. The molecule has 144 valence electrons. The van der Waals surface area contributed by atoms with Crippen molar-refractivity contribution in [3.8, 4) is 0 Å². The van der Waals surface area contributed by atoms with Gasteiger partial charge in [-0.05, 0) is 19.1 Å². The smallest absolute Gasteiger partial charge is 0.353 e. The van der Waals surface area contributed by atoms with Gasteiger partial charge < -0.3 is 15.0 Å². The third-order valence-corrected chi connectivity index (χ3v) is 4.45. The topological polar surface area (TPSA) is 96.7 Å². The molecule has 1 aliphatic heterocycles. The number of hydrogen-bond acceptors (Lipinski definition) is 8. The van der Waals surface area contributed by atoms with Crippen molar-refractivity contribution in [2.75, 3.05) is 56.2 Å². The fraction of sp³-hybridized carbons (Fsp3) is 0.444. The normalized spacial score (nSPS) is 14.7. The molecular formula is C18H24N6O3. The molecule has 9 heteroatoms. The average Bonchev–Trinajstić information content (AvgIpc) is 2.70. The number of hydrogen-bond donors (Lipinski definition) is 1. The van der Waals surface area contributed by atoms with Gasteiger partial charge in [0.15, 0.2) is 0 Å². The number of ether oxygens (including phenoxy) is 1. The van der Waals surface area contributed by atoms with Gasteiger partial charge in [-0.3, -0.25) is 15.0 Å². The molecular weight excluding hydrogens is 348 g/mol. The lowest BCUT2D eigenvalue weighted by atomic mass is 10.2. The Kier molecular flexibility index (Phi) is 6.50. The van der Waals surface area contributed by atoms with Gasteiger partial charge in [0.1, 0.15) is 6.33 Å². The Hall–Kier alpha value is -2.78. The highest BCUT2D eigenvalue weighted by atomic mass is 16.6. The van der Waals surface area contributed by atoms with Gasteiger partial charge in [0, 0.05) is 38.4 Å². The Morgan fingerprint density at radius 3 is 2.67 bits per heavy atom. The molecule has 0 saturated carbocycles. The lowest BCUT2D eigenvalue weighted by molar-refractivity contribution is -0.383. The summed E-state index contributed by atoms with van der Waals surface area (Å²) < 4.78 is 5.33. The number of rotatable bonds is 8. The molecule has 0 unspecified atom stereocenters. The van der Waals surface area contributed by atoms with Crippen LogP contribution >= 0.6 is 0 Å². The maximum Gasteiger partial charge on any atom is 0.353 e. The van der Waals surface area contributed by atoms with E-state index < -0.39 is 4.92 Å². The van der Waals surface area contributed by atoms with Gasteiger partial charge in [0.25, 0.3) is 0 Å². The Morgan fingerprint density at radius 1 is 1.26 bits per heavy atom. The molecule has 0 atom stereocenters. The van der Waals surface area contributed by atoms with E-state index in [4.69, 9.17) is 4.74 Å². The fourth-order valence-corrected chi connectivity index (χ4v) is 3.08. The fourth-order valence-electron chi connectivity index (χ4n) is 3.08. The van der Waals surface area contributed by atoms with Gasteiger partial charge in [0.05, 0.1) is 18.1 Å². The van der Waals surface area contributed by atoms with E-state index in [1.54, 1.807) is 0 Å². The molecule has 0 bridgehead atoms. The molecule has 1 N–H and O–H groups in total. The summed E-state index contributed by atoms with van der Waals surface area (Å²) in [5.41, 5.74) is 0.742. The Bertz CT molecular complexity index is 752. The van der Waals surface area contributed by atoms with Crippen molar-refractivity contribution in [1.29, 1.82) is 0 Å². The highest BCUT2D eigenvalue weighted by Crippen LogP contribution is 2.35. The molecule has 2 heterocycles. The first-order valence-corrected chi connectivity index (χ1v) is 9.06. The van der Waals surface area contributed by atoms with Crippen LogP contribution in [0.25, 0.3) is 0 Å². The van der Waals surface area contributed by atoms with Crippen LogP contribution in [0.4, 0.5) is 23.0 Å². The molecule has 3 rings (SSSR count). The molecule has 0 radical (unpaired) electrons. The lowest BCUT2D eigenvalue weighted by Crippen LogP contribution is -2.39. The highest BCUT2D eigenvalue weighted by molar-refractivity contribution is 5.75. The minimum Gasteiger partial charge on any atom is -0.379 e. The van der Waals surface area contributed by atoms with Crippen LogP contribution in [-0.4, -0.2) is 65.7 Å². The zero-order valence-corrected chi connectivity index (χ0v) is 15.4. The van der Waals surface area contributed by atoms with Crippen LogP contribution in [0.5, 0.6) is 0 Å². The number of nitrogens with one attached hydrogen (secondary N) is 1. The first-order valence-electron chi connectivity index (χ1n) is 9.06. The van der Waals surface area contributed by atoms with Gasteiger partial charge in [-0.25, -0.2) is 9.97 Å². The lowest BCUT2D eigenvalue weighted by Gasteiger charge is -2.26. The standard InChI is InChI=1S/C18H24N6O3/c1-2-23(15-6-4-3-5-7-15)18-16(24(25)26)17(20-14-21-18)19-8-9-22-10-12-27-13-11-22/h3-7,14H,2,8-13H2,1H3,(H,19,20,21). The van der Waals surface area contributed by atoms with Crippen molar-refractivity contribution in [3.63, 3.8) is 0 Å². The van der Waals surface area contributed by atoms with E-state index in [0.29, 0.717) is 13.1 Å². The number of para-hydroxylation sites is 1. The van der Waals surface area contributed by atoms with E-state index in [1.807, 2.05) is 42.2 Å². The molecule has 1 fully saturated rings. The number of aromatic nitrogens is 2. The van der Waals surface area contributed by atoms with Crippen molar-refractivity contribution in [3.05, 3.63) is 46.8 Å². The van der Waals surface area contributed by atoms with Crippen LogP contribution < -0.4 is 10.2 Å². The Balaban J connectivity index is 1.80. The molecule has 0 spiro atoms. The second kappa shape index (κ2) is 9.24. The zero-order valence-electron chi connectivity index (χ0n) is 15.4. The van der Waals surface area contributed by atoms with Crippen LogP contribution in [0.2, 0.25) is 0 Å². The van der Waals surface area contributed by atoms with Gasteiger partial charge in [0.2, 0.25) is 11.6 Å². The molecule has 1 aliphatic rings. The average molecular weight is 372 g/mol. The summed E-state index contributed by atoms with van der Waals surface area (Å²) in [6.07, 6.45) is 1.37. The highest BCUT2D eigenvalue weighted by Gasteiger charge is 2.27. The maximum absolute atomic E-state index is 11.8. The molecule has 2 aromatic rings. The summed E-state index contributed by atoms with van der Waals surface area (Å²) in [6.45, 7) is 7.01. The van der Waals surface area contributed by atoms with Crippen LogP contribution in [-0.2, 0) is 4.74 Å². The van der Waals surface area contributed by atoms with Crippen LogP contribution in [0.1, 0.15) is 6.92 Å².